The Balaban J connectivity index is 1.69. The number of hydrogen-bond acceptors (Lipinski definition) is 4. The quantitative estimate of drug-likeness (QED) is 0.588. The molecule has 3 aromatic rings. The summed E-state index contributed by atoms with van der Waals surface area (Å²) in [6, 6.07) is 17.1. The fourth-order valence-electron chi connectivity index (χ4n) is 2.93. The van der Waals surface area contributed by atoms with Gasteiger partial charge in [0.1, 0.15) is 12.1 Å². The number of rotatable bonds is 0. The maximum absolute atomic E-state index is 4.94. The van der Waals surface area contributed by atoms with Gasteiger partial charge in [-0.25, -0.2) is 4.57 Å². The van der Waals surface area contributed by atoms with Crippen molar-refractivity contribution in [3.8, 4) is 0 Å². The van der Waals surface area contributed by atoms with E-state index in [0.29, 0.717) is 0 Å². The monoisotopic (exact) mass is 310 g/mol. The first-order valence-electron chi connectivity index (χ1n) is 6.95. The van der Waals surface area contributed by atoms with Gasteiger partial charge in [0.2, 0.25) is 0 Å². The van der Waals surface area contributed by atoms with Crippen molar-refractivity contribution in [2.45, 2.75) is 11.4 Å². The molecule has 0 bridgehead atoms. The second-order valence-electron chi connectivity index (χ2n) is 5.12. The minimum Gasteiger partial charge on any atom is -0.295 e. The third kappa shape index (κ3) is 1.68. The van der Waals surface area contributed by atoms with E-state index in [2.05, 4.69) is 58.0 Å². The molecule has 3 nitrogen and oxygen atoms in total. The molecule has 0 aliphatic carbocycles. The van der Waals surface area contributed by atoms with Crippen molar-refractivity contribution in [1.82, 2.24) is 0 Å². The highest BCUT2D eigenvalue weighted by Gasteiger charge is 2.35. The highest BCUT2D eigenvalue weighted by atomic mass is 32.2. The lowest BCUT2D eigenvalue weighted by Gasteiger charge is -2.13. The van der Waals surface area contributed by atoms with Crippen LogP contribution in [0.1, 0.15) is 0 Å². The fraction of sp³-hybridized carbons (Fsp3) is 0.125. The number of thiazole rings is 1. The van der Waals surface area contributed by atoms with E-state index in [1.165, 1.54) is 20.8 Å². The minimum absolute atomic E-state index is 0.973. The van der Waals surface area contributed by atoms with Crippen LogP contribution < -0.4 is 9.47 Å². The van der Waals surface area contributed by atoms with Crippen molar-refractivity contribution in [3.63, 3.8) is 0 Å². The molecule has 0 radical (unpaired) electrons. The molecule has 102 valence electrons. The van der Waals surface area contributed by atoms with E-state index >= 15 is 0 Å². The van der Waals surface area contributed by atoms with E-state index in [9.17, 15) is 0 Å². The second kappa shape index (κ2) is 4.32. The Bertz CT molecular complexity index is 897. The molecule has 0 N–H and O–H groups in total. The summed E-state index contributed by atoms with van der Waals surface area (Å²) in [5.41, 5.74) is 2.59. The number of benzene rings is 2. The Hall–Kier alpha value is -1.85. The molecule has 0 saturated heterocycles. The Labute approximate surface area is 130 Å². The molecule has 0 fully saturated rings. The first-order valence-corrected chi connectivity index (χ1v) is 8.58. The van der Waals surface area contributed by atoms with Crippen molar-refractivity contribution in [1.29, 1.82) is 0 Å². The molecule has 3 heterocycles. The Kier molecular flexibility index (Phi) is 2.42. The van der Waals surface area contributed by atoms with Gasteiger partial charge in [-0.3, -0.25) is 4.90 Å². The van der Waals surface area contributed by atoms with Gasteiger partial charge in [0.15, 0.2) is 0 Å². The lowest BCUT2D eigenvalue weighted by atomic mass is 10.3. The summed E-state index contributed by atoms with van der Waals surface area (Å²) >= 11 is 3.55. The van der Waals surface area contributed by atoms with E-state index in [1.807, 2.05) is 0 Å². The van der Waals surface area contributed by atoms with Crippen LogP contribution in [0.2, 0.25) is 0 Å². The van der Waals surface area contributed by atoms with Gasteiger partial charge in [-0.2, -0.15) is 0 Å². The Morgan fingerprint density at radius 2 is 1.90 bits per heavy atom. The molecule has 0 spiro atoms. The summed E-state index contributed by atoms with van der Waals surface area (Å²) < 4.78 is 3.65. The highest BCUT2D eigenvalue weighted by molar-refractivity contribution is 8.14. The normalized spacial score (nSPS) is 16.2. The Morgan fingerprint density at radius 3 is 2.90 bits per heavy atom. The van der Waals surface area contributed by atoms with E-state index in [0.717, 1.165) is 23.4 Å². The molecule has 5 heteroatoms. The van der Waals surface area contributed by atoms with Crippen LogP contribution in [0.3, 0.4) is 0 Å². The van der Waals surface area contributed by atoms with E-state index < -0.39 is 0 Å². The first-order chi connectivity index (χ1) is 10.4. The van der Waals surface area contributed by atoms with Gasteiger partial charge in [0.05, 0.1) is 16.9 Å². The maximum atomic E-state index is 4.94. The Morgan fingerprint density at radius 1 is 1.05 bits per heavy atom. The van der Waals surface area contributed by atoms with Gasteiger partial charge in [-0.1, -0.05) is 24.3 Å². The molecule has 5 rings (SSSR count). The number of aliphatic imine (C=N–C) groups is 1. The zero-order valence-electron chi connectivity index (χ0n) is 11.2. The molecule has 2 aliphatic rings. The van der Waals surface area contributed by atoms with E-state index in [-0.39, 0.29) is 0 Å². The van der Waals surface area contributed by atoms with Crippen LogP contribution in [0.25, 0.3) is 10.2 Å². The molecule has 0 amide bonds. The van der Waals surface area contributed by atoms with Crippen LogP contribution in [-0.4, -0.2) is 11.7 Å². The topological polar surface area (TPSA) is 19.5 Å². The largest absolute Gasteiger partial charge is 0.386 e. The van der Waals surface area contributed by atoms with Crippen LogP contribution in [0.15, 0.2) is 58.4 Å². The number of thioether (sulfide) groups is 1. The van der Waals surface area contributed by atoms with Crippen LogP contribution in [0, 0.1) is 0 Å². The predicted molar refractivity (Wildman–Crippen MR) is 88.8 cm³/mol. The van der Waals surface area contributed by atoms with Crippen molar-refractivity contribution in [2.75, 3.05) is 11.4 Å². The zero-order valence-corrected chi connectivity index (χ0v) is 12.8. The molecule has 1 aromatic heterocycles. The number of amidine groups is 1. The number of para-hydroxylation sites is 2. The van der Waals surface area contributed by atoms with Crippen LogP contribution in [-0.2, 0) is 6.54 Å². The standard InChI is InChI=1S/C16H12N3S2/c1-3-7-13-11(5-1)18-9-10-19-12-6-2-4-8-14(12)21-16(19)17-15(18)20-13/h1-8H,9-10H2/q+1. The average Bonchev–Trinajstić information content (AvgIpc) is 2.98. The van der Waals surface area contributed by atoms with Gasteiger partial charge in [-0.05, 0) is 52.4 Å². The maximum Gasteiger partial charge on any atom is 0.386 e. The van der Waals surface area contributed by atoms with E-state index in [1.54, 1.807) is 23.1 Å². The molecule has 0 atom stereocenters. The molecule has 0 unspecified atom stereocenters. The summed E-state index contributed by atoms with van der Waals surface area (Å²) in [5.74, 6) is 0. The fourth-order valence-corrected chi connectivity index (χ4v) is 5.10. The van der Waals surface area contributed by atoms with Crippen LogP contribution in [0.5, 0.6) is 0 Å². The molecule has 0 saturated carbocycles. The molecule has 2 aliphatic heterocycles. The number of fused-ring (bicyclic) bond motifs is 6. The summed E-state index contributed by atoms with van der Waals surface area (Å²) in [5, 5.41) is 2.21. The van der Waals surface area contributed by atoms with Gasteiger partial charge < -0.3 is 0 Å². The van der Waals surface area contributed by atoms with E-state index in [4.69, 9.17) is 4.99 Å². The van der Waals surface area contributed by atoms with Gasteiger partial charge in [0, 0.05) is 4.90 Å². The van der Waals surface area contributed by atoms with Gasteiger partial charge >= 0.3 is 5.13 Å². The summed E-state index contributed by atoms with van der Waals surface area (Å²) in [6.45, 7) is 1.95. The number of hydrogen-bond donors (Lipinski definition) is 0. The lowest BCUT2D eigenvalue weighted by Crippen LogP contribution is -2.38. The zero-order chi connectivity index (χ0) is 13.8. The van der Waals surface area contributed by atoms with Crippen molar-refractivity contribution in [3.05, 3.63) is 48.5 Å². The minimum atomic E-state index is 0.973. The lowest BCUT2D eigenvalue weighted by molar-refractivity contribution is -0.651. The van der Waals surface area contributed by atoms with Gasteiger partial charge in [0.25, 0.3) is 5.17 Å². The van der Waals surface area contributed by atoms with Crippen molar-refractivity contribution in [2.24, 2.45) is 4.99 Å². The first kappa shape index (κ1) is 11.8. The average molecular weight is 310 g/mol. The third-order valence-electron chi connectivity index (χ3n) is 3.91. The highest BCUT2D eigenvalue weighted by Crippen LogP contribution is 2.42. The van der Waals surface area contributed by atoms with Gasteiger partial charge in [-0.15, -0.1) is 0 Å². The molecule has 2 aromatic carbocycles. The number of aromatic nitrogens is 1. The number of anilines is 1. The SMILES string of the molecule is c1ccc2c(c1)SC1=Nc3sc4ccccc4[n+]3CCN12. The second-order valence-corrected chi connectivity index (χ2v) is 7.14. The summed E-state index contributed by atoms with van der Waals surface area (Å²) in [4.78, 5) is 8.59. The molecule has 21 heavy (non-hydrogen) atoms. The molecular weight excluding hydrogens is 298 g/mol. The molecular formula is C16H12N3S2+. The summed E-state index contributed by atoms with van der Waals surface area (Å²) in [6.07, 6.45) is 0. The van der Waals surface area contributed by atoms with Crippen LogP contribution in [0.4, 0.5) is 10.8 Å². The summed E-state index contributed by atoms with van der Waals surface area (Å²) in [7, 11) is 0. The van der Waals surface area contributed by atoms with Crippen molar-refractivity contribution >= 4 is 49.3 Å². The number of nitrogens with zero attached hydrogens (tertiary/aromatic N) is 3. The third-order valence-corrected chi connectivity index (χ3v) is 6.03. The van der Waals surface area contributed by atoms with Crippen molar-refractivity contribution < 1.29 is 4.57 Å². The predicted octanol–water partition coefficient (Wildman–Crippen LogP) is 3.80. The smallest absolute Gasteiger partial charge is 0.295 e. The van der Waals surface area contributed by atoms with Crippen LogP contribution >= 0.6 is 23.1 Å².